The number of halogens is 1. The first-order valence-electron chi connectivity index (χ1n) is 7.48. The van der Waals surface area contributed by atoms with Crippen LogP contribution >= 0.6 is 15.9 Å². The molecule has 1 aromatic rings. The maximum absolute atomic E-state index is 12.3. The van der Waals surface area contributed by atoms with Crippen molar-refractivity contribution in [2.45, 2.75) is 39.2 Å². The first-order valence-corrected chi connectivity index (χ1v) is 8.27. The minimum atomic E-state index is -1.04. The van der Waals surface area contributed by atoms with Gasteiger partial charge in [-0.25, -0.2) is 4.79 Å². The molecule has 1 aromatic carbocycles. The Morgan fingerprint density at radius 1 is 1.35 bits per heavy atom. The molecular formula is C16H22BrNO5. The van der Waals surface area contributed by atoms with E-state index in [4.69, 9.17) is 9.47 Å². The SMILES string of the molecule is CCCC[C@H](NC(=O)c1cc(Br)c(OCC)c(OC)c1)C(=O)O. The molecule has 0 saturated carbocycles. The van der Waals surface area contributed by atoms with Crippen molar-refractivity contribution in [3.05, 3.63) is 22.2 Å². The van der Waals surface area contributed by atoms with E-state index in [9.17, 15) is 14.7 Å². The largest absolute Gasteiger partial charge is 0.493 e. The summed E-state index contributed by atoms with van der Waals surface area (Å²) in [6.45, 7) is 4.27. The van der Waals surface area contributed by atoms with Crippen LogP contribution in [-0.4, -0.2) is 36.7 Å². The minimum absolute atomic E-state index is 0.305. The van der Waals surface area contributed by atoms with Crippen molar-refractivity contribution in [2.24, 2.45) is 0 Å². The lowest BCUT2D eigenvalue weighted by Gasteiger charge is -2.16. The first-order chi connectivity index (χ1) is 10.9. The highest BCUT2D eigenvalue weighted by Gasteiger charge is 2.22. The molecule has 23 heavy (non-hydrogen) atoms. The highest BCUT2D eigenvalue weighted by atomic mass is 79.9. The molecule has 0 aliphatic carbocycles. The lowest BCUT2D eigenvalue weighted by Crippen LogP contribution is -2.40. The van der Waals surface area contributed by atoms with Gasteiger partial charge in [0.15, 0.2) is 11.5 Å². The normalized spacial score (nSPS) is 11.7. The molecule has 6 nitrogen and oxygen atoms in total. The van der Waals surface area contributed by atoms with Gasteiger partial charge in [-0.1, -0.05) is 19.8 Å². The van der Waals surface area contributed by atoms with Gasteiger partial charge in [-0.3, -0.25) is 4.79 Å². The third-order valence-corrected chi connectivity index (χ3v) is 3.82. The Balaban J connectivity index is 2.98. The Kier molecular flexibility index (Phi) is 7.88. The molecule has 1 amide bonds. The van der Waals surface area contributed by atoms with Gasteiger partial charge in [0.25, 0.3) is 5.91 Å². The maximum atomic E-state index is 12.3. The number of methoxy groups -OCH3 is 1. The molecule has 0 aromatic heterocycles. The lowest BCUT2D eigenvalue weighted by atomic mass is 10.1. The first kappa shape index (κ1) is 19.3. The zero-order chi connectivity index (χ0) is 17.4. The Morgan fingerprint density at radius 2 is 2.04 bits per heavy atom. The molecule has 1 atom stereocenters. The Hall–Kier alpha value is -1.76. The third-order valence-electron chi connectivity index (χ3n) is 3.23. The number of hydrogen-bond donors (Lipinski definition) is 2. The molecule has 0 aliphatic rings. The van der Waals surface area contributed by atoms with E-state index >= 15 is 0 Å². The number of unbranched alkanes of at least 4 members (excludes halogenated alkanes) is 1. The second-order valence-corrected chi connectivity index (χ2v) is 5.78. The van der Waals surface area contributed by atoms with Crippen LogP contribution in [0.5, 0.6) is 11.5 Å². The van der Waals surface area contributed by atoms with Gasteiger partial charge in [0.05, 0.1) is 18.2 Å². The monoisotopic (exact) mass is 387 g/mol. The zero-order valence-corrected chi connectivity index (χ0v) is 15.1. The van der Waals surface area contributed by atoms with Crippen molar-refractivity contribution in [3.63, 3.8) is 0 Å². The molecule has 7 heteroatoms. The summed E-state index contributed by atoms with van der Waals surface area (Å²) in [6, 6.07) is 2.21. The quantitative estimate of drug-likeness (QED) is 0.679. The molecule has 0 fully saturated rings. The number of carboxylic acid groups (broad SMARTS) is 1. The van der Waals surface area contributed by atoms with Gasteiger partial charge in [-0.2, -0.15) is 0 Å². The van der Waals surface area contributed by atoms with E-state index in [1.54, 1.807) is 6.07 Å². The number of nitrogens with one attached hydrogen (secondary N) is 1. The second-order valence-electron chi connectivity index (χ2n) is 4.93. The zero-order valence-electron chi connectivity index (χ0n) is 13.5. The van der Waals surface area contributed by atoms with Crippen molar-refractivity contribution in [2.75, 3.05) is 13.7 Å². The van der Waals surface area contributed by atoms with Crippen LogP contribution < -0.4 is 14.8 Å². The predicted molar refractivity (Wildman–Crippen MR) is 90.3 cm³/mol. The number of aliphatic carboxylic acids is 1. The Labute approximate surface area is 144 Å². The molecule has 0 heterocycles. The van der Waals surface area contributed by atoms with E-state index in [0.29, 0.717) is 34.6 Å². The fraction of sp³-hybridized carbons (Fsp3) is 0.500. The van der Waals surface area contributed by atoms with E-state index in [1.807, 2.05) is 13.8 Å². The van der Waals surface area contributed by atoms with Crippen LogP contribution in [0, 0.1) is 0 Å². The topological polar surface area (TPSA) is 84.9 Å². The smallest absolute Gasteiger partial charge is 0.326 e. The van der Waals surface area contributed by atoms with E-state index in [1.165, 1.54) is 13.2 Å². The van der Waals surface area contributed by atoms with E-state index in [0.717, 1.165) is 12.8 Å². The van der Waals surface area contributed by atoms with Crippen LogP contribution in [-0.2, 0) is 4.79 Å². The van der Waals surface area contributed by atoms with Crippen LogP contribution in [0.3, 0.4) is 0 Å². The van der Waals surface area contributed by atoms with Gasteiger partial charge in [0, 0.05) is 5.56 Å². The van der Waals surface area contributed by atoms with Gasteiger partial charge in [-0.15, -0.1) is 0 Å². The average Bonchev–Trinajstić information content (AvgIpc) is 2.52. The van der Waals surface area contributed by atoms with Crippen molar-refractivity contribution in [1.29, 1.82) is 0 Å². The highest BCUT2D eigenvalue weighted by molar-refractivity contribution is 9.10. The number of carbonyl (C=O) groups is 2. The van der Waals surface area contributed by atoms with Crippen molar-refractivity contribution < 1.29 is 24.2 Å². The Bertz CT molecular complexity index is 562. The maximum Gasteiger partial charge on any atom is 0.326 e. The minimum Gasteiger partial charge on any atom is -0.493 e. The number of carbonyl (C=O) groups excluding carboxylic acids is 1. The molecule has 0 aliphatic heterocycles. The van der Waals surface area contributed by atoms with E-state index in [-0.39, 0.29) is 0 Å². The average molecular weight is 388 g/mol. The number of hydrogen-bond acceptors (Lipinski definition) is 4. The number of carboxylic acids is 1. The van der Waals surface area contributed by atoms with Crippen LogP contribution in [0.4, 0.5) is 0 Å². The molecule has 0 radical (unpaired) electrons. The summed E-state index contributed by atoms with van der Waals surface area (Å²) in [5, 5.41) is 11.7. The summed E-state index contributed by atoms with van der Waals surface area (Å²) in [4.78, 5) is 23.6. The molecule has 0 spiro atoms. The number of ether oxygens (including phenoxy) is 2. The van der Waals surface area contributed by atoms with E-state index in [2.05, 4.69) is 21.2 Å². The molecule has 128 valence electrons. The molecule has 0 saturated heterocycles. The summed E-state index contributed by atoms with van der Waals surface area (Å²) in [5.41, 5.74) is 0.305. The van der Waals surface area contributed by atoms with Gasteiger partial charge in [0.2, 0.25) is 0 Å². The Morgan fingerprint density at radius 3 is 2.57 bits per heavy atom. The van der Waals surface area contributed by atoms with Crippen LogP contribution in [0.1, 0.15) is 43.5 Å². The van der Waals surface area contributed by atoms with Crippen molar-refractivity contribution in [3.8, 4) is 11.5 Å². The summed E-state index contributed by atoms with van der Waals surface area (Å²) >= 11 is 3.34. The molecule has 0 unspecified atom stereocenters. The van der Waals surface area contributed by atoms with Crippen LogP contribution in [0.15, 0.2) is 16.6 Å². The fourth-order valence-corrected chi connectivity index (χ4v) is 2.60. The van der Waals surface area contributed by atoms with Crippen molar-refractivity contribution >= 4 is 27.8 Å². The fourth-order valence-electron chi connectivity index (χ4n) is 2.04. The summed E-state index contributed by atoms with van der Waals surface area (Å²) in [7, 11) is 1.48. The predicted octanol–water partition coefficient (Wildman–Crippen LogP) is 3.23. The standard InChI is InChI=1S/C16H22BrNO5/c1-4-6-7-12(16(20)21)18-15(19)10-8-11(17)14(23-5-2)13(9-10)22-3/h8-9,12H,4-7H2,1-3H3,(H,18,19)(H,20,21)/t12-/m0/s1. The van der Waals surface area contributed by atoms with Gasteiger partial charge >= 0.3 is 5.97 Å². The third kappa shape index (κ3) is 5.42. The summed E-state index contributed by atoms with van der Waals surface area (Å²) in [6.07, 6.45) is 1.99. The summed E-state index contributed by atoms with van der Waals surface area (Å²) in [5.74, 6) is -0.585. The molecule has 2 N–H and O–H groups in total. The van der Waals surface area contributed by atoms with Crippen LogP contribution in [0.2, 0.25) is 0 Å². The summed E-state index contributed by atoms with van der Waals surface area (Å²) < 4.78 is 11.3. The molecular weight excluding hydrogens is 366 g/mol. The second kappa shape index (κ2) is 9.39. The van der Waals surface area contributed by atoms with Gasteiger partial charge < -0.3 is 19.9 Å². The van der Waals surface area contributed by atoms with Crippen molar-refractivity contribution in [1.82, 2.24) is 5.32 Å². The lowest BCUT2D eigenvalue weighted by molar-refractivity contribution is -0.139. The molecule has 0 bridgehead atoms. The van der Waals surface area contributed by atoms with Gasteiger partial charge in [0.1, 0.15) is 6.04 Å². The van der Waals surface area contributed by atoms with Gasteiger partial charge in [-0.05, 0) is 41.4 Å². The number of amides is 1. The molecule has 1 rings (SSSR count). The van der Waals surface area contributed by atoms with Crippen LogP contribution in [0.25, 0.3) is 0 Å². The van der Waals surface area contributed by atoms with E-state index < -0.39 is 17.9 Å². The number of benzene rings is 1. The number of rotatable bonds is 9. The highest BCUT2D eigenvalue weighted by Crippen LogP contribution is 2.36.